The third-order valence-corrected chi connectivity index (χ3v) is 6.12. The van der Waals surface area contributed by atoms with Crippen molar-refractivity contribution in [2.24, 2.45) is 7.05 Å². The molecule has 1 aliphatic rings. The van der Waals surface area contributed by atoms with E-state index in [9.17, 15) is 4.79 Å². The second kappa shape index (κ2) is 8.61. The Kier molecular flexibility index (Phi) is 5.47. The van der Waals surface area contributed by atoms with Crippen molar-refractivity contribution in [1.82, 2.24) is 34.2 Å². The lowest BCUT2D eigenvalue weighted by molar-refractivity contribution is -0.127. The van der Waals surface area contributed by atoms with Crippen LogP contribution in [-0.2, 0) is 16.6 Å². The van der Waals surface area contributed by atoms with Gasteiger partial charge in [-0.1, -0.05) is 12.5 Å². The first-order valence-electron chi connectivity index (χ1n) is 10.8. The first kappa shape index (κ1) is 21.6. The fourth-order valence-electron chi connectivity index (χ4n) is 4.49. The van der Waals surface area contributed by atoms with E-state index >= 15 is 0 Å². The number of imidazole rings is 1. The number of methoxy groups -OCH3 is 1. The molecule has 4 aromatic rings. The van der Waals surface area contributed by atoms with Gasteiger partial charge in [0.1, 0.15) is 17.8 Å². The van der Waals surface area contributed by atoms with Crippen LogP contribution in [-0.4, -0.2) is 66.4 Å². The van der Waals surface area contributed by atoms with Crippen molar-refractivity contribution in [2.45, 2.75) is 18.5 Å². The molecule has 0 saturated carbocycles. The van der Waals surface area contributed by atoms with E-state index < -0.39 is 0 Å². The zero-order valence-corrected chi connectivity index (χ0v) is 19.0. The number of benzene rings is 1. The van der Waals surface area contributed by atoms with Crippen LogP contribution in [0, 0.1) is 11.8 Å². The quantitative estimate of drug-likeness (QED) is 0.367. The Bertz CT molecular complexity index is 1470. The molecule has 10 nitrogen and oxygen atoms in total. The monoisotopic (exact) mass is 456 g/mol. The van der Waals surface area contributed by atoms with Crippen molar-refractivity contribution >= 4 is 33.8 Å². The Hall–Kier alpha value is -4.23. The van der Waals surface area contributed by atoms with Gasteiger partial charge < -0.3 is 19.9 Å². The molecule has 34 heavy (non-hydrogen) atoms. The summed E-state index contributed by atoms with van der Waals surface area (Å²) < 4.78 is 9.09. The number of amides is 1. The van der Waals surface area contributed by atoms with E-state index in [1.807, 2.05) is 29.8 Å². The van der Waals surface area contributed by atoms with Gasteiger partial charge in [-0.2, -0.15) is 5.10 Å². The van der Waals surface area contributed by atoms with Crippen LogP contribution in [0.1, 0.15) is 23.7 Å². The molecule has 4 heterocycles. The molecule has 0 radical (unpaired) electrons. The number of aromatic nitrogens is 6. The molecule has 172 valence electrons. The lowest BCUT2D eigenvalue weighted by Crippen LogP contribution is -2.37. The number of nitrogens with zero attached hydrogens (tertiary/aromatic N) is 7. The number of aryl methyl sites for hydroxylation is 1. The fourth-order valence-corrected chi connectivity index (χ4v) is 4.49. The third kappa shape index (κ3) is 3.66. The highest BCUT2D eigenvalue weighted by Gasteiger charge is 2.37. The number of nitrogens with two attached hydrogens (primary N) is 1. The Morgan fingerprint density at radius 1 is 1.32 bits per heavy atom. The average Bonchev–Trinajstić information content (AvgIpc) is 3.53. The van der Waals surface area contributed by atoms with Gasteiger partial charge in [0.05, 0.1) is 41.4 Å². The van der Waals surface area contributed by atoms with Crippen LogP contribution in [0.25, 0.3) is 22.1 Å². The van der Waals surface area contributed by atoms with Gasteiger partial charge in [-0.3, -0.25) is 4.79 Å². The number of rotatable bonds is 4. The number of fused-ring (bicyclic) bond motifs is 2. The molecule has 1 unspecified atom stereocenters. The molecule has 0 aliphatic carbocycles. The SMILES string of the molecule is C=CC(=O)N1CC(n2nc(C#Cc3ccc4c(c3)ncn4C)c3c(N)ncnc32)C[C@@H]1COC. The van der Waals surface area contributed by atoms with Crippen LogP contribution < -0.4 is 5.73 Å². The van der Waals surface area contributed by atoms with Gasteiger partial charge in [0, 0.05) is 26.3 Å². The molecule has 3 aromatic heterocycles. The highest BCUT2D eigenvalue weighted by atomic mass is 16.5. The number of hydrogen-bond acceptors (Lipinski definition) is 7. The van der Waals surface area contributed by atoms with E-state index in [0.717, 1.165) is 16.6 Å². The van der Waals surface area contributed by atoms with Gasteiger partial charge in [0.2, 0.25) is 5.91 Å². The summed E-state index contributed by atoms with van der Waals surface area (Å²) in [6.07, 6.45) is 5.17. The van der Waals surface area contributed by atoms with Crippen LogP contribution in [0.4, 0.5) is 5.82 Å². The molecule has 1 amide bonds. The van der Waals surface area contributed by atoms with E-state index in [2.05, 4.69) is 33.4 Å². The highest BCUT2D eigenvalue weighted by molar-refractivity contribution is 5.91. The molecule has 0 spiro atoms. The van der Waals surface area contributed by atoms with E-state index in [1.165, 1.54) is 12.4 Å². The van der Waals surface area contributed by atoms with Crippen LogP contribution in [0.3, 0.4) is 0 Å². The molecule has 2 atom stereocenters. The fraction of sp³-hybridized carbons (Fsp3) is 0.292. The number of likely N-dealkylation sites (tertiary alicyclic amines) is 1. The van der Waals surface area contributed by atoms with Crippen LogP contribution in [0.15, 0.2) is 43.5 Å². The molecule has 2 N–H and O–H groups in total. The zero-order valence-electron chi connectivity index (χ0n) is 19.0. The molecule has 1 aromatic carbocycles. The van der Waals surface area contributed by atoms with Gasteiger partial charge in [0.15, 0.2) is 5.65 Å². The van der Waals surface area contributed by atoms with Gasteiger partial charge in [0.25, 0.3) is 0 Å². The Morgan fingerprint density at radius 2 is 2.18 bits per heavy atom. The van der Waals surface area contributed by atoms with Crippen molar-refractivity contribution in [1.29, 1.82) is 0 Å². The standard InChI is InChI=1S/C24H24N8O2/c1-4-21(33)31-11-16(10-17(31)12-34-3)32-24-22(23(25)26-13-27-24)18(29-32)7-5-15-6-8-20-19(9-15)28-14-30(20)2/h4,6,8-9,13-14,16-17H,1,10-12H2,2-3H3,(H2,25,26,27)/t16?,17-/m1/s1. The van der Waals surface area contributed by atoms with Crippen molar-refractivity contribution < 1.29 is 9.53 Å². The van der Waals surface area contributed by atoms with Gasteiger partial charge in [-0.05, 0) is 36.6 Å². The van der Waals surface area contributed by atoms with Crippen molar-refractivity contribution in [2.75, 3.05) is 26.0 Å². The number of hydrogen-bond donors (Lipinski definition) is 1. The minimum absolute atomic E-state index is 0.0847. The topological polar surface area (TPSA) is 117 Å². The van der Waals surface area contributed by atoms with E-state index in [1.54, 1.807) is 23.0 Å². The number of carbonyl (C=O) groups excluding carboxylic acids is 1. The second-order valence-corrected chi connectivity index (χ2v) is 8.25. The lowest BCUT2D eigenvalue weighted by Gasteiger charge is -2.22. The molecule has 1 fully saturated rings. The average molecular weight is 457 g/mol. The predicted octanol–water partition coefficient (Wildman–Crippen LogP) is 1.67. The molecular weight excluding hydrogens is 432 g/mol. The van der Waals surface area contributed by atoms with Gasteiger partial charge >= 0.3 is 0 Å². The van der Waals surface area contributed by atoms with E-state index in [0.29, 0.717) is 42.1 Å². The molecule has 1 saturated heterocycles. The lowest BCUT2D eigenvalue weighted by atomic mass is 10.2. The third-order valence-electron chi connectivity index (χ3n) is 6.12. The van der Waals surface area contributed by atoms with Crippen LogP contribution in [0.5, 0.6) is 0 Å². The van der Waals surface area contributed by atoms with Gasteiger partial charge in [-0.15, -0.1) is 0 Å². The highest BCUT2D eigenvalue weighted by Crippen LogP contribution is 2.32. The van der Waals surface area contributed by atoms with Gasteiger partial charge in [-0.25, -0.2) is 19.6 Å². The minimum Gasteiger partial charge on any atom is -0.383 e. The van der Waals surface area contributed by atoms with Crippen LogP contribution >= 0.6 is 0 Å². The Labute approximate surface area is 196 Å². The molecule has 5 rings (SSSR count). The maximum atomic E-state index is 12.4. The number of nitrogen functional groups attached to an aromatic ring is 1. The minimum atomic E-state index is -0.139. The van der Waals surface area contributed by atoms with E-state index in [4.69, 9.17) is 15.6 Å². The smallest absolute Gasteiger partial charge is 0.246 e. The van der Waals surface area contributed by atoms with E-state index in [-0.39, 0.29) is 18.0 Å². The summed E-state index contributed by atoms with van der Waals surface area (Å²) in [4.78, 5) is 27.1. The summed E-state index contributed by atoms with van der Waals surface area (Å²) in [5, 5.41) is 5.37. The number of anilines is 1. The second-order valence-electron chi connectivity index (χ2n) is 8.25. The first-order valence-corrected chi connectivity index (χ1v) is 10.8. The summed E-state index contributed by atoms with van der Waals surface area (Å²) in [7, 11) is 3.57. The maximum Gasteiger partial charge on any atom is 0.246 e. The molecule has 10 heteroatoms. The normalized spacial score (nSPS) is 17.8. The Balaban J connectivity index is 1.54. The van der Waals surface area contributed by atoms with Crippen molar-refractivity contribution in [3.63, 3.8) is 0 Å². The summed E-state index contributed by atoms with van der Waals surface area (Å²) in [6, 6.07) is 5.67. The molecular formula is C24H24N8O2. The number of ether oxygens (including phenoxy) is 1. The molecule has 1 aliphatic heterocycles. The first-order chi connectivity index (χ1) is 16.5. The zero-order chi connectivity index (χ0) is 23.8. The summed E-state index contributed by atoms with van der Waals surface area (Å²) in [5.74, 6) is 6.48. The maximum absolute atomic E-state index is 12.4. The van der Waals surface area contributed by atoms with Crippen molar-refractivity contribution in [3.05, 3.63) is 54.8 Å². The largest absolute Gasteiger partial charge is 0.383 e. The Morgan fingerprint density at radius 3 is 2.97 bits per heavy atom. The molecule has 0 bridgehead atoms. The van der Waals surface area contributed by atoms with Crippen molar-refractivity contribution in [3.8, 4) is 11.8 Å². The summed E-state index contributed by atoms with van der Waals surface area (Å²) in [5.41, 5.74) is 10.00. The van der Waals surface area contributed by atoms with Crippen LogP contribution in [0.2, 0.25) is 0 Å². The summed E-state index contributed by atoms with van der Waals surface area (Å²) >= 11 is 0. The summed E-state index contributed by atoms with van der Waals surface area (Å²) in [6.45, 7) is 4.51. The number of carbonyl (C=O) groups is 1. The predicted molar refractivity (Wildman–Crippen MR) is 128 cm³/mol.